The molecule has 0 heterocycles. The number of nitrogens with zero attached hydrogens (tertiary/aromatic N) is 2. The predicted molar refractivity (Wildman–Crippen MR) is 62.6 cm³/mol. The van der Waals surface area contributed by atoms with Crippen molar-refractivity contribution >= 4 is 18.5 Å². The van der Waals surface area contributed by atoms with Gasteiger partial charge in [-0.2, -0.15) is 0 Å². The fraction of sp³-hybridized carbons (Fsp3) is 0.100. The fourth-order valence-electron chi connectivity index (χ4n) is 0.732. The number of aliphatic imine (C=N–C) groups is 1. The molecule has 0 aliphatic rings. The Kier molecular flexibility index (Phi) is 5.72. The second-order valence-electron chi connectivity index (χ2n) is 2.23. The molecular formula is C10H14N2S. The Balaban J connectivity index is 4.83. The lowest BCUT2D eigenvalue weighted by Crippen LogP contribution is -2.17. The Labute approximate surface area is 85.1 Å². The van der Waals surface area contributed by atoms with Crippen LogP contribution in [0.3, 0.4) is 0 Å². The molecule has 13 heavy (non-hydrogen) atoms. The second kappa shape index (κ2) is 6.31. The highest BCUT2D eigenvalue weighted by atomic mass is 32.1. The third-order valence-electron chi connectivity index (χ3n) is 1.19. The van der Waals surface area contributed by atoms with Gasteiger partial charge in [-0.25, -0.2) is 4.99 Å². The van der Waals surface area contributed by atoms with Crippen molar-refractivity contribution in [3.8, 4) is 0 Å². The zero-order valence-corrected chi connectivity index (χ0v) is 8.67. The average Bonchev–Trinajstić information content (AvgIpc) is 2.10. The molecular weight excluding hydrogens is 180 g/mol. The molecule has 0 aromatic carbocycles. The summed E-state index contributed by atoms with van der Waals surface area (Å²) >= 11 is 4.15. The van der Waals surface area contributed by atoms with Gasteiger partial charge in [0.05, 0.1) is 0 Å². The quantitative estimate of drug-likeness (QED) is 0.413. The lowest BCUT2D eigenvalue weighted by atomic mass is 10.5. The van der Waals surface area contributed by atoms with E-state index < -0.39 is 0 Å². The van der Waals surface area contributed by atoms with Crippen LogP contribution in [0.25, 0.3) is 0 Å². The molecule has 0 aromatic rings. The van der Waals surface area contributed by atoms with Gasteiger partial charge in [-0.05, 0) is 17.9 Å². The lowest BCUT2D eigenvalue weighted by molar-refractivity contribution is 0.763. The van der Waals surface area contributed by atoms with Crippen molar-refractivity contribution in [1.82, 2.24) is 4.90 Å². The van der Waals surface area contributed by atoms with Crippen molar-refractivity contribution < 1.29 is 0 Å². The topological polar surface area (TPSA) is 15.6 Å². The van der Waals surface area contributed by atoms with Crippen LogP contribution in [0.2, 0.25) is 0 Å². The number of hydrogen-bond donors (Lipinski definition) is 1. The summed E-state index contributed by atoms with van der Waals surface area (Å²) < 4.78 is 0. The van der Waals surface area contributed by atoms with E-state index in [9.17, 15) is 0 Å². The van der Waals surface area contributed by atoms with E-state index >= 15 is 0 Å². The first-order chi connectivity index (χ1) is 6.15. The van der Waals surface area contributed by atoms with Gasteiger partial charge in [0.15, 0.2) is 0 Å². The summed E-state index contributed by atoms with van der Waals surface area (Å²) in [5.74, 6) is 0.665. The molecule has 0 bridgehead atoms. The fourth-order valence-corrected chi connectivity index (χ4v) is 0.856. The molecule has 0 unspecified atom stereocenters. The van der Waals surface area contributed by atoms with E-state index in [1.54, 1.807) is 23.4 Å². The van der Waals surface area contributed by atoms with E-state index in [1.165, 1.54) is 6.20 Å². The summed E-state index contributed by atoms with van der Waals surface area (Å²) in [4.78, 5) is 6.58. The van der Waals surface area contributed by atoms with Crippen molar-refractivity contribution in [3.05, 3.63) is 49.3 Å². The molecule has 0 amide bonds. The monoisotopic (exact) mass is 194 g/mol. The number of thiol groups is 1. The van der Waals surface area contributed by atoms with Crippen LogP contribution in [0.4, 0.5) is 0 Å². The minimum Gasteiger partial charge on any atom is -0.309 e. The zero-order chi connectivity index (χ0) is 10.3. The van der Waals surface area contributed by atoms with Gasteiger partial charge in [0.1, 0.15) is 5.84 Å². The van der Waals surface area contributed by atoms with Crippen molar-refractivity contribution in [3.63, 3.8) is 0 Å². The molecule has 0 spiro atoms. The minimum absolute atomic E-state index is 0.665. The molecule has 3 heteroatoms. The normalized spacial score (nSPS) is 12.2. The maximum atomic E-state index is 4.15. The molecule has 0 aliphatic heterocycles. The molecule has 0 aliphatic carbocycles. The van der Waals surface area contributed by atoms with Crippen molar-refractivity contribution in [1.29, 1.82) is 0 Å². The van der Waals surface area contributed by atoms with E-state index in [4.69, 9.17) is 0 Å². The van der Waals surface area contributed by atoms with E-state index in [0.717, 1.165) is 4.91 Å². The first kappa shape index (κ1) is 11.8. The van der Waals surface area contributed by atoms with Gasteiger partial charge in [0.2, 0.25) is 0 Å². The van der Waals surface area contributed by atoms with Crippen LogP contribution in [0.5, 0.6) is 0 Å². The van der Waals surface area contributed by atoms with Gasteiger partial charge in [0.25, 0.3) is 0 Å². The molecule has 0 atom stereocenters. The highest BCUT2D eigenvalue weighted by Gasteiger charge is 1.99. The van der Waals surface area contributed by atoms with E-state index in [0.29, 0.717) is 5.84 Å². The second-order valence-corrected chi connectivity index (χ2v) is 2.94. The van der Waals surface area contributed by atoms with E-state index in [1.807, 2.05) is 6.92 Å². The van der Waals surface area contributed by atoms with Gasteiger partial charge in [-0.3, -0.25) is 0 Å². The van der Waals surface area contributed by atoms with Gasteiger partial charge in [-0.1, -0.05) is 19.7 Å². The zero-order valence-electron chi connectivity index (χ0n) is 7.77. The van der Waals surface area contributed by atoms with Gasteiger partial charge >= 0.3 is 0 Å². The third kappa shape index (κ3) is 4.38. The summed E-state index contributed by atoms with van der Waals surface area (Å²) in [6.07, 6.45) is 6.50. The Morgan fingerprint density at radius 3 is 2.31 bits per heavy atom. The SMILES string of the molecule is C=CN=C(C=C)N(C=C)/C=C(\C)S. The molecule has 0 aromatic heterocycles. The summed E-state index contributed by atoms with van der Waals surface area (Å²) in [5, 5.41) is 0. The van der Waals surface area contributed by atoms with Crippen LogP contribution < -0.4 is 0 Å². The van der Waals surface area contributed by atoms with Gasteiger partial charge in [0, 0.05) is 18.6 Å². The van der Waals surface area contributed by atoms with Crippen LogP contribution in [0.15, 0.2) is 54.3 Å². The largest absolute Gasteiger partial charge is 0.309 e. The third-order valence-corrected chi connectivity index (χ3v) is 1.31. The molecule has 0 saturated heterocycles. The molecule has 0 fully saturated rings. The van der Waals surface area contributed by atoms with Crippen LogP contribution in [-0.2, 0) is 0 Å². The number of amidine groups is 1. The maximum absolute atomic E-state index is 4.15. The maximum Gasteiger partial charge on any atom is 0.135 e. The summed E-state index contributed by atoms with van der Waals surface area (Å²) in [7, 11) is 0. The smallest absolute Gasteiger partial charge is 0.135 e. The Morgan fingerprint density at radius 1 is 1.38 bits per heavy atom. The Bertz CT molecular complexity index is 260. The minimum atomic E-state index is 0.665. The van der Waals surface area contributed by atoms with E-state index in [-0.39, 0.29) is 0 Å². The number of hydrogen-bond acceptors (Lipinski definition) is 2. The van der Waals surface area contributed by atoms with Crippen LogP contribution in [-0.4, -0.2) is 10.7 Å². The van der Waals surface area contributed by atoms with Crippen LogP contribution in [0.1, 0.15) is 6.92 Å². The highest BCUT2D eigenvalue weighted by Crippen LogP contribution is 2.04. The molecule has 70 valence electrons. The number of allylic oxidation sites excluding steroid dienone is 1. The molecule has 2 nitrogen and oxygen atoms in total. The van der Waals surface area contributed by atoms with Crippen LogP contribution >= 0.6 is 12.6 Å². The molecule has 0 rings (SSSR count). The van der Waals surface area contributed by atoms with Crippen molar-refractivity contribution in [2.75, 3.05) is 0 Å². The van der Waals surface area contributed by atoms with Gasteiger partial charge in [-0.15, -0.1) is 12.6 Å². The summed E-state index contributed by atoms with van der Waals surface area (Å²) in [6.45, 7) is 12.7. The summed E-state index contributed by atoms with van der Waals surface area (Å²) in [6, 6.07) is 0. The lowest BCUT2D eigenvalue weighted by Gasteiger charge is -2.14. The van der Waals surface area contributed by atoms with E-state index in [2.05, 4.69) is 37.4 Å². The van der Waals surface area contributed by atoms with Crippen molar-refractivity contribution in [2.24, 2.45) is 4.99 Å². The molecule has 0 radical (unpaired) electrons. The number of rotatable bonds is 4. The first-order valence-electron chi connectivity index (χ1n) is 3.75. The standard InChI is InChI=1S/C10H14N2S/c1-5-10(11-6-2)12(7-3)8-9(4)13/h5-8,13H,1-3H2,4H3/b9-8+,11-10?. The summed E-state index contributed by atoms with van der Waals surface area (Å²) in [5.41, 5.74) is 0. The van der Waals surface area contributed by atoms with Crippen LogP contribution in [0, 0.1) is 0 Å². The predicted octanol–water partition coefficient (Wildman–Crippen LogP) is 2.95. The average molecular weight is 194 g/mol. The Morgan fingerprint density at radius 2 is 2.00 bits per heavy atom. The highest BCUT2D eigenvalue weighted by molar-refractivity contribution is 7.84. The first-order valence-corrected chi connectivity index (χ1v) is 4.19. The van der Waals surface area contributed by atoms with Gasteiger partial charge < -0.3 is 4.90 Å². The van der Waals surface area contributed by atoms with Crippen molar-refractivity contribution in [2.45, 2.75) is 6.92 Å². The molecule has 0 saturated carbocycles. The Hall–Kier alpha value is -1.22. The molecule has 0 N–H and O–H groups in total.